The molecule has 44 heavy (non-hydrogen) atoms. The van der Waals surface area contributed by atoms with Gasteiger partial charge in [0.25, 0.3) is 5.56 Å². The van der Waals surface area contributed by atoms with Crippen molar-refractivity contribution in [3.05, 3.63) is 52.2 Å². The molecule has 0 unspecified atom stereocenters. The number of hydrogen-bond acceptors (Lipinski definition) is 9. The van der Waals surface area contributed by atoms with E-state index < -0.39 is 55.1 Å². The van der Waals surface area contributed by atoms with Gasteiger partial charge in [0.15, 0.2) is 0 Å². The third-order valence-electron chi connectivity index (χ3n) is 9.03. The van der Waals surface area contributed by atoms with E-state index in [4.69, 9.17) is 18.0 Å². The maximum absolute atomic E-state index is 15.1. The van der Waals surface area contributed by atoms with E-state index >= 15 is 4.39 Å². The summed E-state index contributed by atoms with van der Waals surface area (Å²) < 4.78 is 79.8. The first-order valence-corrected chi connectivity index (χ1v) is 14.5. The Balaban J connectivity index is 1.31. The number of nitrogens with zero attached hydrogens (tertiary/aromatic N) is 6. The third kappa shape index (κ3) is 4.29. The smallest absolute Gasteiger partial charge is 0.319 e. The lowest BCUT2D eigenvalue weighted by atomic mass is 9.95. The molecule has 226 valence electrons. The van der Waals surface area contributed by atoms with Gasteiger partial charge in [-0.3, -0.25) is 9.69 Å². The molecule has 12 heteroatoms. The molecule has 4 aliphatic heterocycles. The highest BCUT2D eigenvalue weighted by molar-refractivity contribution is 5.97. The number of alkyl halides is 1. The monoisotopic (exact) mass is 604 g/mol. The molecule has 2 aromatic heterocycles. The molecule has 0 amide bonds. The topological polar surface area (TPSA) is 109 Å². The zero-order valence-corrected chi connectivity index (χ0v) is 23.5. The number of hydrogen-bond donors (Lipinski definition) is 2. The molecule has 6 heterocycles. The molecule has 4 atom stereocenters. The second kappa shape index (κ2) is 10.1. The minimum absolute atomic E-state index is 0.0177. The Bertz CT molecular complexity index is 2150. The maximum atomic E-state index is 15.1. The van der Waals surface area contributed by atoms with Crippen LogP contribution in [0.15, 0.2) is 35.3 Å². The molecule has 0 spiro atoms. The van der Waals surface area contributed by atoms with E-state index in [9.17, 15) is 14.3 Å². The van der Waals surface area contributed by atoms with E-state index in [0.29, 0.717) is 18.5 Å². The van der Waals surface area contributed by atoms with Crippen molar-refractivity contribution in [3.8, 4) is 29.8 Å². The van der Waals surface area contributed by atoms with Gasteiger partial charge < -0.3 is 20.1 Å². The van der Waals surface area contributed by atoms with Gasteiger partial charge in [-0.2, -0.15) is 19.7 Å². The Hall–Kier alpha value is -4.34. The normalized spacial score (nSPS) is 31.2. The fourth-order valence-electron chi connectivity index (χ4n) is 7.03. The number of phenolic OH excluding ortho intramolecular Hbond substituents is 1. The summed E-state index contributed by atoms with van der Waals surface area (Å²) in [6.45, 7) is -4.50. The van der Waals surface area contributed by atoms with Crippen LogP contribution in [0.5, 0.6) is 11.8 Å². The second-order valence-electron chi connectivity index (χ2n) is 11.8. The predicted molar refractivity (Wildman–Crippen MR) is 161 cm³/mol. The van der Waals surface area contributed by atoms with Crippen molar-refractivity contribution in [1.82, 2.24) is 30.0 Å². The first-order chi connectivity index (χ1) is 23.1. The molecule has 10 nitrogen and oxygen atoms in total. The Morgan fingerprint density at radius 2 is 2.09 bits per heavy atom. The van der Waals surface area contributed by atoms with Crippen molar-refractivity contribution in [2.75, 3.05) is 37.6 Å². The molecule has 0 radical (unpaired) electrons. The van der Waals surface area contributed by atoms with Gasteiger partial charge >= 0.3 is 6.01 Å². The summed E-state index contributed by atoms with van der Waals surface area (Å²) in [5, 5.41) is 19.2. The molecule has 2 N–H and O–H groups in total. The summed E-state index contributed by atoms with van der Waals surface area (Å²) in [5.74, 6) is 1.61. The first-order valence-electron chi connectivity index (χ1n) is 17.0. The molecule has 0 aliphatic carbocycles. The maximum Gasteiger partial charge on any atom is 0.319 e. The summed E-state index contributed by atoms with van der Waals surface area (Å²) in [6, 6.07) is 4.90. The number of halogens is 2. The Morgan fingerprint density at radius 3 is 2.89 bits per heavy atom. The lowest BCUT2D eigenvalue weighted by Crippen LogP contribution is -2.51. The number of piperazine rings is 1. The number of fused-ring (bicyclic) bond motifs is 5. The fraction of sp³-hybridized carbons (Fsp3) is 0.438. The summed E-state index contributed by atoms with van der Waals surface area (Å²) in [5.41, 5.74) is -3.07. The Labute approximate surface area is 258 Å². The SMILES string of the molecule is [2H]C1([2H])CC[C@@]2(C([2H])([2H])Oc3nc(N4C[C@H]5CC[C@@H](C4)N5)c4cnn(-c5cc(O)cc6ccc(F)c(C#C)c56)c(=O)c4n3)C[C@@]([2H])(F)CN12. The van der Waals surface area contributed by atoms with Crippen molar-refractivity contribution >= 4 is 27.5 Å². The molecular formula is C32H31F2N7O3. The van der Waals surface area contributed by atoms with Gasteiger partial charge in [-0.1, -0.05) is 12.0 Å². The van der Waals surface area contributed by atoms with Crippen LogP contribution in [0.25, 0.3) is 27.4 Å². The number of ether oxygens (including phenoxy) is 1. The van der Waals surface area contributed by atoms with Crippen molar-refractivity contribution < 1.29 is 25.5 Å². The van der Waals surface area contributed by atoms with Crippen LogP contribution in [0, 0.1) is 18.2 Å². The lowest BCUT2D eigenvalue weighted by molar-refractivity contribution is 0.107. The van der Waals surface area contributed by atoms with Gasteiger partial charge in [0.05, 0.1) is 32.5 Å². The van der Waals surface area contributed by atoms with Crippen molar-refractivity contribution in [3.63, 3.8) is 0 Å². The number of aromatic hydroxyl groups is 1. The van der Waals surface area contributed by atoms with E-state index in [-0.39, 0.29) is 64.0 Å². The zero-order chi connectivity index (χ0) is 34.7. The van der Waals surface area contributed by atoms with Crippen LogP contribution in [0.1, 0.15) is 44.5 Å². The first kappa shape index (κ1) is 22.2. The van der Waals surface area contributed by atoms with Gasteiger partial charge in [-0.05, 0) is 49.7 Å². The number of benzene rings is 2. The lowest BCUT2D eigenvalue weighted by Gasteiger charge is -2.34. The largest absolute Gasteiger partial charge is 0.508 e. The highest BCUT2D eigenvalue weighted by atomic mass is 19.1. The number of anilines is 1. The highest BCUT2D eigenvalue weighted by Gasteiger charge is 2.49. The molecular weight excluding hydrogens is 568 g/mol. The van der Waals surface area contributed by atoms with E-state index in [2.05, 4.69) is 26.3 Å². The number of aromatic nitrogens is 4. The number of terminal acetylenes is 1. The summed E-state index contributed by atoms with van der Waals surface area (Å²) in [4.78, 5) is 26.2. The van der Waals surface area contributed by atoms with Crippen LogP contribution in [-0.2, 0) is 0 Å². The minimum atomic E-state index is -2.80. The highest BCUT2D eigenvalue weighted by Crippen LogP contribution is 2.40. The van der Waals surface area contributed by atoms with Gasteiger partial charge in [-0.25, -0.2) is 8.78 Å². The number of nitrogens with one attached hydrogen (secondary N) is 1. The standard InChI is InChI=1S/C32H31F2N7O3/c1-2-23-25(34)7-4-18-10-22(42)11-26(27(18)23)41-30(43)28-24(13-35-41)29(39-15-20-5-6-21(16-39)36-20)38-31(37-28)44-17-32-8-3-9-40(32)14-19(33)12-32/h1,4,7,10-11,13,19-21,36,42H,3,5-6,8-9,12,14-17H2/t19-,20-,21+,32+/m1/s1/i9D2,17D2,19D. The van der Waals surface area contributed by atoms with Crippen molar-refractivity contribution in [1.29, 1.82) is 0 Å². The van der Waals surface area contributed by atoms with Crippen LogP contribution >= 0.6 is 0 Å². The molecule has 0 saturated carbocycles. The van der Waals surface area contributed by atoms with Crippen molar-refractivity contribution in [2.24, 2.45) is 0 Å². The second-order valence-corrected chi connectivity index (χ2v) is 11.8. The molecule has 2 bridgehead atoms. The van der Waals surface area contributed by atoms with Crippen LogP contribution in [0.2, 0.25) is 0 Å². The van der Waals surface area contributed by atoms with E-state index in [0.717, 1.165) is 28.5 Å². The van der Waals surface area contributed by atoms with E-state index in [1.165, 1.54) is 24.4 Å². The van der Waals surface area contributed by atoms with Gasteiger partial charge in [0, 0.05) is 52.3 Å². The number of rotatable bonds is 5. The minimum Gasteiger partial charge on any atom is -0.508 e. The van der Waals surface area contributed by atoms with Gasteiger partial charge in [0.1, 0.15) is 35.6 Å². The summed E-state index contributed by atoms with van der Waals surface area (Å²) in [7, 11) is 0. The van der Waals surface area contributed by atoms with Gasteiger partial charge in [0.2, 0.25) is 0 Å². The molecule has 8 rings (SSSR count). The van der Waals surface area contributed by atoms with E-state index in [1.54, 1.807) is 0 Å². The van der Waals surface area contributed by atoms with Gasteiger partial charge in [-0.15, -0.1) is 6.42 Å². The molecule has 2 aromatic carbocycles. The van der Waals surface area contributed by atoms with Crippen LogP contribution < -0.4 is 20.5 Å². The number of phenols is 1. The quantitative estimate of drug-likeness (QED) is 0.333. The third-order valence-corrected chi connectivity index (χ3v) is 9.03. The fourth-order valence-corrected chi connectivity index (χ4v) is 7.03. The average molecular weight is 605 g/mol. The average Bonchev–Trinajstić information content (AvgIpc) is 3.63. The summed E-state index contributed by atoms with van der Waals surface area (Å²) >= 11 is 0. The Kier molecular flexibility index (Phi) is 5.10. The van der Waals surface area contributed by atoms with Crippen LogP contribution in [0.4, 0.5) is 14.6 Å². The molecule has 4 aliphatic rings. The molecule has 4 aromatic rings. The Morgan fingerprint density at radius 1 is 1.27 bits per heavy atom. The zero-order valence-electron chi connectivity index (χ0n) is 28.5. The van der Waals surface area contributed by atoms with E-state index in [1.807, 2.05) is 4.90 Å². The summed E-state index contributed by atoms with van der Waals surface area (Å²) in [6.07, 6.45) is 5.37. The molecule has 4 fully saturated rings. The molecule has 4 saturated heterocycles. The van der Waals surface area contributed by atoms with Crippen LogP contribution in [-0.4, -0.2) is 86.2 Å². The van der Waals surface area contributed by atoms with Crippen molar-refractivity contribution in [2.45, 2.75) is 55.9 Å². The van der Waals surface area contributed by atoms with Crippen LogP contribution in [0.3, 0.4) is 0 Å². The predicted octanol–water partition coefficient (Wildman–Crippen LogP) is 3.05.